The fraction of sp³-hybridized carbons (Fsp3) is 0.556. The molecule has 4 N–H and O–H groups in total. The Morgan fingerprint density at radius 1 is 1.69 bits per heavy atom. The summed E-state index contributed by atoms with van der Waals surface area (Å²) in [4.78, 5) is 19.9. The number of hydrogen-bond donors (Lipinski definition) is 3. The Balaban J connectivity index is 2.28. The summed E-state index contributed by atoms with van der Waals surface area (Å²) in [7, 11) is 1.58. The molecule has 2 heterocycles. The summed E-state index contributed by atoms with van der Waals surface area (Å²) in [6, 6.07) is 0. The van der Waals surface area contributed by atoms with Gasteiger partial charge in [0.05, 0.1) is 12.9 Å². The summed E-state index contributed by atoms with van der Waals surface area (Å²) in [5, 5.41) is 2.89. The van der Waals surface area contributed by atoms with Crippen LogP contribution in [0.5, 0.6) is 0 Å². The Labute approximate surface area is 93.0 Å². The highest BCUT2D eigenvalue weighted by Gasteiger charge is 2.42. The average Bonchev–Trinajstić information content (AvgIpc) is 2.71. The predicted molar refractivity (Wildman–Crippen MR) is 57.5 cm³/mol. The third-order valence-corrected chi connectivity index (χ3v) is 2.48. The summed E-state index contributed by atoms with van der Waals surface area (Å²) in [6.07, 6.45) is 2.26. The molecule has 1 unspecified atom stereocenters. The number of ether oxygens (including phenoxy) is 1. The van der Waals surface area contributed by atoms with Crippen LogP contribution in [0.15, 0.2) is 6.33 Å². The fourth-order valence-corrected chi connectivity index (χ4v) is 1.51. The first-order chi connectivity index (χ1) is 7.58. The van der Waals surface area contributed by atoms with Crippen LogP contribution in [-0.4, -0.2) is 40.4 Å². The van der Waals surface area contributed by atoms with E-state index in [-0.39, 0.29) is 5.91 Å². The fourth-order valence-electron chi connectivity index (χ4n) is 1.51. The van der Waals surface area contributed by atoms with Crippen LogP contribution in [0.1, 0.15) is 23.8 Å². The number of fused-ring (bicyclic) bond motifs is 1. The number of H-pyrrole nitrogens is 1. The van der Waals surface area contributed by atoms with Crippen molar-refractivity contribution < 1.29 is 9.53 Å². The standard InChI is InChI=1S/C9H15N5O2/c1-3-4-16-9(10)13-7-6(11-5-12-7)8(15)14(9)2/h5,13H,3-4,10H2,1-2H3,(H,11,12). The van der Waals surface area contributed by atoms with Gasteiger partial charge in [-0.1, -0.05) is 6.92 Å². The molecule has 0 radical (unpaired) electrons. The Kier molecular flexibility index (Phi) is 2.56. The molecular formula is C9H15N5O2. The molecule has 1 atom stereocenters. The van der Waals surface area contributed by atoms with Gasteiger partial charge < -0.3 is 15.0 Å². The number of aromatic nitrogens is 2. The second-order valence-electron chi connectivity index (χ2n) is 3.66. The molecule has 1 aliphatic rings. The zero-order chi connectivity index (χ0) is 11.8. The maximum Gasteiger partial charge on any atom is 0.283 e. The smallest absolute Gasteiger partial charge is 0.283 e. The van der Waals surface area contributed by atoms with Gasteiger partial charge >= 0.3 is 0 Å². The number of rotatable bonds is 3. The third kappa shape index (κ3) is 1.54. The Morgan fingerprint density at radius 3 is 3.12 bits per heavy atom. The minimum Gasteiger partial charge on any atom is -0.339 e. The van der Waals surface area contributed by atoms with Gasteiger partial charge in [0.2, 0.25) is 0 Å². The van der Waals surface area contributed by atoms with Crippen LogP contribution in [0, 0.1) is 0 Å². The van der Waals surface area contributed by atoms with Gasteiger partial charge in [-0.2, -0.15) is 0 Å². The van der Waals surface area contributed by atoms with E-state index in [1.165, 1.54) is 11.2 Å². The molecule has 0 aromatic carbocycles. The van der Waals surface area contributed by atoms with Gasteiger partial charge in [-0.3, -0.25) is 15.4 Å². The first-order valence-corrected chi connectivity index (χ1v) is 5.11. The van der Waals surface area contributed by atoms with Crippen molar-refractivity contribution in [1.82, 2.24) is 14.9 Å². The van der Waals surface area contributed by atoms with E-state index in [2.05, 4.69) is 15.3 Å². The van der Waals surface area contributed by atoms with Crippen LogP contribution in [0.4, 0.5) is 5.82 Å². The number of carbonyl (C=O) groups excluding carboxylic acids is 1. The van der Waals surface area contributed by atoms with Gasteiger partial charge in [0, 0.05) is 7.05 Å². The highest BCUT2D eigenvalue weighted by atomic mass is 16.5. The lowest BCUT2D eigenvalue weighted by Gasteiger charge is -2.40. The summed E-state index contributed by atoms with van der Waals surface area (Å²) in [6.45, 7) is 2.43. The van der Waals surface area contributed by atoms with Crippen molar-refractivity contribution in [2.45, 2.75) is 19.3 Å². The molecule has 0 aliphatic carbocycles. The van der Waals surface area contributed by atoms with Gasteiger partial charge in [0.1, 0.15) is 5.69 Å². The van der Waals surface area contributed by atoms with Gasteiger partial charge in [0.25, 0.3) is 11.9 Å². The number of nitrogens with one attached hydrogen (secondary N) is 2. The van der Waals surface area contributed by atoms with E-state index < -0.39 is 5.97 Å². The number of imidazole rings is 1. The van der Waals surface area contributed by atoms with Crippen LogP contribution in [0.25, 0.3) is 0 Å². The first kappa shape index (κ1) is 10.9. The topological polar surface area (TPSA) is 96.3 Å². The number of nitrogens with two attached hydrogens (primary N) is 1. The molecule has 1 aliphatic heterocycles. The van der Waals surface area contributed by atoms with Crippen LogP contribution >= 0.6 is 0 Å². The van der Waals surface area contributed by atoms with Crippen LogP contribution in [0.2, 0.25) is 0 Å². The molecular weight excluding hydrogens is 210 g/mol. The summed E-state index contributed by atoms with van der Waals surface area (Å²) < 4.78 is 5.45. The van der Waals surface area contributed by atoms with Crippen molar-refractivity contribution in [3.63, 3.8) is 0 Å². The van der Waals surface area contributed by atoms with Crippen molar-refractivity contribution in [3.8, 4) is 0 Å². The molecule has 0 saturated carbocycles. The molecule has 2 rings (SSSR count). The van der Waals surface area contributed by atoms with E-state index in [9.17, 15) is 4.79 Å². The quantitative estimate of drug-likeness (QED) is 0.624. The van der Waals surface area contributed by atoms with Crippen molar-refractivity contribution >= 4 is 11.7 Å². The van der Waals surface area contributed by atoms with Crippen molar-refractivity contribution in [2.75, 3.05) is 19.0 Å². The minimum absolute atomic E-state index is 0.246. The molecule has 16 heavy (non-hydrogen) atoms. The second-order valence-corrected chi connectivity index (χ2v) is 3.66. The first-order valence-electron chi connectivity index (χ1n) is 5.11. The van der Waals surface area contributed by atoms with E-state index in [1.54, 1.807) is 7.05 Å². The van der Waals surface area contributed by atoms with Gasteiger partial charge in [-0.05, 0) is 6.42 Å². The van der Waals surface area contributed by atoms with E-state index in [0.717, 1.165) is 6.42 Å². The molecule has 0 saturated heterocycles. The van der Waals surface area contributed by atoms with Gasteiger partial charge in [0.15, 0.2) is 5.82 Å². The van der Waals surface area contributed by atoms with E-state index >= 15 is 0 Å². The Hall–Kier alpha value is -1.60. The maximum absolute atomic E-state index is 11.9. The van der Waals surface area contributed by atoms with E-state index in [1.807, 2.05) is 6.92 Å². The molecule has 0 fully saturated rings. The number of hydrogen-bond acceptors (Lipinski definition) is 5. The minimum atomic E-state index is -1.32. The zero-order valence-corrected chi connectivity index (χ0v) is 9.28. The highest BCUT2D eigenvalue weighted by Crippen LogP contribution is 2.25. The van der Waals surface area contributed by atoms with Crippen molar-refractivity contribution in [1.29, 1.82) is 0 Å². The summed E-state index contributed by atoms with van der Waals surface area (Å²) in [5.41, 5.74) is 6.36. The molecule has 88 valence electrons. The third-order valence-electron chi connectivity index (χ3n) is 2.48. The average molecular weight is 225 g/mol. The number of amides is 1. The van der Waals surface area contributed by atoms with E-state index in [0.29, 0.717) is 18.1 Å². The van der Waals surface area contributed by atoms with Crippen LogP contribution in [-0.2, 0) is 4.74 Å². The van der Waals surface area contributed by atoms with Gasteiger partial charge in [-0.25, -0.2) is 4.98 Å². The summed E-state index contributed by atoms with van der Waals surface area (Å²) in [5.74, 6) is -1.15. The monoisotopic (exact) mass is 225 g/mol. The van der Waals surface area contributed by atoms with Crippen molar-refractivity contribution in [2.24, 2.45) is 5.73 Å². The largest absolute Gasteiger partial charge is 0.339 e. The lowest BCUT2D eigenvalue weighted by molar-refractivity contribution is -0.108. The SMILES string of the molecule is CCCOC1(N)Nc2nc[nH]c2C(=O)N1C. The number of aromatic amines is 1. The van der Waals surface area contributed by atoms with Crippen LogP contribution in [0.3, 0.4) is 0 Å². The Morgan fingerprint density at radius 2 is 2.44 bits per heavy atom. The normalized spacial score (nSPS) is 24.2. The van der Waals surface area contributed by atoms with Gasteiger partial charge in [-0.15, -0.1) is 0 Å². The second kappa shape index (κ2) is 3.76. The zero-order valence-electron chi connectivity index (χ0n) is 9.28. The number of anilines is 1. The molecule has 0 bridgehead atoms. The molecule has 7 heteroatoms. The molecule has 0 spiro atoms. The lowest BCUT2D eigenvalue weighted by Crippen LogP contribution is -2.66. The van der Waals surface area contributed by atoms with Crippen molar-refractivity contribution in [3.05, 3.63) is 12.0 Å². The molecule has 1 aromatic rings. The predicted octanol–water partition coefficient (Wildman–Crippen LogP) is -0.0962. The maximum atomic E-state index is 11.9. The Bertz CT molecular complexity index is 404. The number of carbonyl (C=O) groups is 1. The molecule has 7 nitrogen and oxygen atoms in total. The van der Waals surface area contributed by atoms with Crippen LogP contribution < -0.4 is 11.1 Å². The number of nitrogens with zero attached hydrogens (tertiary/aromatic N) is 2. The van der Waals surface area contributed by atoms with E-state index in [4.69, 9.17) is 10.5 Å². The lowest BCUT2D eigenvalue weighted by atomic mass is 10.3. The highest BCUT2D eigenvalue weighted by molar-refractivity contribution is 5.99. The summed E-state index contributed by atoms with van der Waals surface area (Å²) >= 11 is 0. The molecule has 1 amide bonds. The molecule has 1 aromatic heterocycles.